The number of benzene rings is 1. The molecule has 0 aliphatic carbocycles. The molecule has 1 aliphatic heterocycles. The van der Waals surface area contributed by atoms with Crippen molar-refractivity contribution in [2.45, 2.75) is 25.8 Å². The van der Waals surface area contributed by atoms with E-state index in [4.69, 9.17) is 4.52 Å². The Kier molecular flexibility index (Phi) is 4.30. The van der Waals surface area contributed by atoms with Crippen molar-refractivity contribution in [1.29, 1.82) is 0 Å². The fourth-order valence-electron chi connectivity index (χ4n) is 3.95. The molecule has 1 aliphatic rings. The van der Waals surface area contributed by atoms with E-state index in [1.807, 2.05) is 6.20 Å². The molecule has 0 N–H and O–H groups in total. The summed E-state index contributed by atoms with van der Waals surface area (Å²) in [4.78, 5) is 24.2. The largest absolute Gasteiger partial charge is 0.337 e. The quantitative estimate of drug-likeness (QED) is 0.518. The number of hydrogen-bond acceptors (Lipinski definition) is 6. The Labute approximate surface area is 171 Å². The van der Waals surface area contributed by atoms with Crippen LogP contribution in [0.15, 0.2) is 41.2 Å². The predicted molar refractivity (Wildman–Crippen MR) is 106 cm³/mol. The number of nitrogens with zero attached hydrogens (tertiary/aromatic N) is 6. The molecule has 30 heavy (non-hydrogen) atoms. The summed E-state index contributed by atoms with van der Waals surface area (Å²) in [6.07, 6.45) is 5.06. The molecule has 9 heteroatoms. The van der Waals surface area contributed by atoms with Crippen LogP contribution in [0.1, 0.15) is 41.0 Å². The van der Waals surface area contributed by atoms with Crippen molar-refractivity contribution in [2.24, 2.45) is 7.05 Å². The number of carbonyl (C=O) groups excluding carboxylic acids is 1. The molecule has 4 heterocycles. The summed E-state index contributed by atoms with van der Waals surface area (Å²) in [5.74, 6) is 0.401. The van der Waals surface area contributed by atoms with Gasteiger partial charge >= 0.3 is 0 Å². The van der Waals surface area contributed by atoms with E-state index in [1.165, 1.54) is 12.1 Å². The van der Waals surface area contributed by atoms with Gasteiger partial charge in [0.2, 0.25) is 5.89 Å². The zero-order valence-corrected chi connectivity index (χ0v) is 16.5. The maximum absolute atomic E-state index is 13.9. The van der Waals surface area contributed by atoms with Crippen LogP contribution in [0.2, 0.25) is 0 Å². The number of rotatable bonds is 3. The minimum absolute atomic E-state index is 0.169. The van der Waals surface area contributed by atoms with Gasteiger partial charge in [-0.2, -0.15) is 10.1 Å². The summed E-state index contributed by atoms with van der Waals surface area (Å²) in [6, 6.07) is 5.75. The molecule has 8 nitrogen and oxygen atoms in total. The Bertz CT molecular complexity index is 1260. The second kappa shape index (κ2) is 7.01. The summed E-state index contributed by atoms with van der Waals surface area (Å²) in [5.41, 5.74) is 2.20. The van der Waals surface area contributed by atoms with Crippen LogP contribution in [0.4, 0.5) is 4.39 Å². The molecule has 4 aromatic rings. The molecule has 0 saturated carbocycles. The first-order valence-electron chi connectivity index (χ1n) is 9.70. The highest BCUT2D eigenvalue weighted by Gasteiger charge is 2.35. The third kappa shape index (κ3) is 3.12. The normalized spacial score (nSPS) is 16.5. The lowest BCUT2D eigenvalue weighted by Crippen LogP contribution is -2.31. The molecule has 1 fully saturated rings. The van der Waals surface area contributed by atoms with Crippen LogP contribution >= 0.6 is 0 Å². The van der Waals surface area contributed by atoms with Crippen LogP contribution in [-0.2, 0) is 7.05 Å². The van der Waals surface area contributed by atoms with Gasteiger partial charge in [-0.25, -0.2) is 9.37 Å². The van der Waals surface area contributed by atoms with Crippen LogP contribution in [0, 0.1) is 12.7 Å². The zero-order chi connectivity index (χ0) is 20.8. The Balaban J connectivity index is 1.62. The van der Waals surface area contributed by atoms with Crippen molar-refractivity contribution in [3.63, 3.8) is 0 Å². The van der Waals surface area contributed by atoms with Crippen molar-refractivity contribution >= 4 is 16.8 Å². The van der Waals surface area contributed by atoms with Gasteiger partial charge in [-0.3, -0.25) is 9.48 Å². The summed E-state index contributed by atoms with van der Waals surface area (Å²) in [6.45, 7) is 2.33. The minimum atomic E-state index is -0.405. The number of aromatic nitrogens is 5. The van der Waals surface area contributed by atoms with Crippen molar-refractivity contribution in [1.82, 2.24) is 29.8 Å². The van der Waals surface area contributed by atoms with Crippen molar-refractivity contribution in [2.75, 3.05) is 6.54 Å². The number of amides is 1. The number of fused-ring (bicyclic) bond motifs is 1. The molecule has 3 aromatic heterocycles. The first-order valence-corrected chi connectivity index (χ1v) is 9.70. The molecule has 1 unspecified atom stereocenters. The van der Waals surface area contributed by atoms with Crippen molar-refractivity contribution in [3.05, 3.63) is 59.8 Å². The highest BCUT2D eigenvalue weighted by molar-refractivity contribution is 6.07. The van der Waals surface area contributed by atoms with E-state index in [0.717, 1.165) is 18.4 Å². The molecule has 0 bridgehead atoms. The molecule has 152 valence electrons. The molecule has 1 saturated heterocycles. The third-order valence-corrected chi connectivity index (χ3v) is 5.34. The van der Waals surface area contributed by atoms with Crippen molar-refractivity contribution in [3.8, 4) is 11.3 Å². The van der Waals surface area contributed by atoms with E-state index >= 15 is 0 Å². The number of halogens is 1. The number of pyridine rings is 1. The van der Waals surface area contributed by atoms with Gasteiger partial charge in [-0.05, 0) is 38.0 Å². The van der Waals surface area contributed by atoms with E-state index in [9.17, 15) is 9.18 Å². The van der Waals surface area contributed by atoms with Crippen LogP contribution in [0.25, 0.3) is 22.2 Å². The van der Waals surface area contributed by atoms with E-state index in [1.54, 1.807) is 41.9 Å². The smallest absolute Gasteiger partial charge is 0.255 e. The zero-order valence-electron chi connectivity index (χ0n) is 16.5. The van der Waals surface area contributed by atoms with Gasteiger partial charge in [0.1, 0.15) is 11.9 Å². The summed E-state index contributed by atoms with van der Waals surface area (Å²) in [5, 5.41) is 8.63. The second-order valence-electron chi connectivity index (χ2n) is 7.46. The van der Waals surface area contributed by atoms with Crippen LogP contribution < -0.4 is 0 Å². The second-order valence-corrected chi connectivity index (χ2v) is 7.46. The van der Waals surface area contributed by atoms with Gasteiger partial charge in [0, 0.05) is 36.8 Å². The predicted octanol–water partition coefficient (Wildman–Crippen LogP) is 3.44. The summed E-state index contributed by atoms with van der Waals surface area (Å²) >= 11 is 0. The van der Waals surface area contributed by atoms with Gasteiger partial charge in [0.15, 0.2) is 5.82 Å². The van der Waals surface area contributed by atoms with Gasteiger partial charge in [-0.1, -0.05) is 5.16 Å². The Hall–Kier alpha value is -3.62. The number of hydrogen-bond donors (Lipinski definition) is 0. The fraction of sp³-hybridized carbons (Fsp3) is 0.286. The summed E-state index contributed by atoms with van der Waals surface area (Å²) < 4.78 is 20.9. The fourth-order valence-corrected chi connectivity index (χ4v) is 3.95. The summed E-state index contributed by atoms with van der Waals surface area (Å²) in [7, 11) is 1.80. The van der Waals surface area contributed by atoms with Gasteiger partial charge in [-0.15, -0.1) is 0 Å². The van der Waals surface area contributed by atoms with Gasteiger partial charge in [0.25, 0.3) is 5.91 Å². The van der Waals surface area contributed by atoms with E-state index < -0.39 is 5.82 Å². The first kappa shape index (κ1) is 18.4. The minimum Gasteiger partial charge on any atom is -0.337 e. The lowest BCUT2D eigenvalue weighted by molar-refractivity contribution is 0.0712. The average molecular weight is 406 g/mol. The molecule has 0 radical (unpaired) electrons. The molecule has 1 amide bonds. The Morgan fingerprint density at radius 1 is 1.27 bits per heavy atom. The lowest BCUT2D eigenvalue weighted by atomic mass is 10.0. The highest BCUT2D eigenvalue weighted by Crippen LogP contribution is 2.34. The standard InChI is InChI=1S/C21H19FN6O2/c1-12-24-20(30-26-12)19-4-3-7-28(19)21(29)16-9-17(13-10-23-27(2)11-13)25-18-8-14(22)5-6-15(16)18/h5-6,8-11,19H,3-4,7H2,1-2H3. The maximum Gasteiger partial charge on any atom is 0.255 e. The Morgan fingerprint density at radius 2 is 2.13 bits per heavy atom. The van der Waals surface area contributed by atoms with Crippen LogP contribution in [0.5, 0.6) is 0 Å². The lowest BCUT2D eigenvalue weighted by Gasteiger charge is -2.23. The number of likely N-dealkylation sites (tertiary alicyclic amines) is 1. The Morgan fingerprint density at radius 3 is 2.87 bits per heavy atom. The molecule has 5 rings (SSSR count). The SMILES string of the molecule is Cc1noc(C2CCCN2C(=O)c2cc(-c3cnn(C)c3)nc3cc(F)ccc23)n1. The van der Waals surface area contributed by atoms with Gasteiger partial charge < -0.3 is 9.42 Å². The third-order valence-electron chi connectivity index (χ3n) is 5.34. The van der Waals surface area contributed by atoms with Crippen molar-refractivity contribution < 1.29 is 13.7 Å². The monoisotopic (exact) mass is 406 g/mol. The molecular weight excluding hydrogens is 387 g/mol. The van der Waals surface area contributed by atoms with E-state index in [0.29, 0.717) is 40.4 Å². The molecule has 0 spiro atoms. The van der Waals surface area contributed by atoms with Gasteiger partial charge in [0.05, 0.1) is 23.0 Å². The molecule has 1 aromatic carbocycles. The highest BCUT2D eigenvalue weighted by atomic mass is 19.1. The van der Waals surface area contributed by atoms with E-state index in [2.05, 4.69) is 20.2 Å². The number of aryl methyl sites for hydroxylation is 2. The molecule has 1 atom stereocenters. The van der Waals surface area contributed by atoms with Crippen LogP contribution in [0.3, 0.4) is 0 Å². The maximum atomic E-state index is 13.9. The average Bonchev–Trinajstić information content (AvgIpc) is 3.46. The first-order chi connectivity index (χ1) is 14.5. The molecular formula is C21H19FN6O2. The topological polar surface area (TPSA) is 89.9 Å². The van der Waals surface area contributed by atoms with E-state index in [-0.39, 0.29) is 11.9 Å². The number of carbonyl (C=O) groups is 1. The van der Waals surface area contributed by atoms with Crippen LogP contribution in [-0.4, -0.2) is 42.3 Å².